The zero-order valence-electron chi connectivity index (χ0n) is 10.3. The van der Waals surface area contributed by atoms with Gasteiger partial charge in [-0.3, -0.25) is 0 Å². The van der Waals surface area contributed by atoms with E-state index in [1.54, 1.807) is 27.0 Å². The van der Waals surface area contributed by atoms with Crippen molar-refractivity contribution in [3.8, 4) is 0 Å². The Labute approximate surface area is 101 Å². The second-order valence-corrected chi connectivity index (χ2v) is 4.73. The zero-order valence-corrected chi connectivity index (χ0v) is 10.3. The molecule has 1 aromatic rings. The van der Waals surface area contributed by atoms with E-state index >= 15 is 0 Å². The molecule has 5 nitrogen and oxygen atoms in total. The van der Waals surface area contributed by atoms with Crippen molar-refractivity contribution >= 4 is 12.4 Å². The van der Waals surface area contributed by atoms with Crippen LogP contribution >= 0.6 is 0 Å². The molecule has 0 unspecified atom stereocenters. The minimum Gasteiger partial charge on any atom is -0.444 e. The summed E-state index contributed by atoms with van der Waals surface area (Å²) in [4.78, 5) is 25.1. The van der Waals surface area contributed by atoms with Gasteiger partial charge in [0.15, 0.2) is 0 Å². The minimum atomic E-state index is -0.550. The molecule has 0 fully saturated rings. The minimum absolute atomic E-state index is 0.208. The number of rotatable bonds is 4. The first kappa shape index (κ1) is 13.3. The number of hydrogen-bond donors (Lipinski definition) is 2. The lowest BCUT2D eigenvalue weighted by Gasteiger charge is -2.22. The lowest BCUT2D eigenvalue weighted by Crippen LogP contribution is -2.35. The summed E-state index contributed by atoms with van der Waals surface area (Å²) in [5.41, 5.74) is 0.230. The van der Waals surface area contributed by atoms with Gasteiger partial charge in [-0.15, -0.1) is 0 Å². The molecule has 0 aromatic carbocycles. The third-order valence-corrected chi connectivity index (χ3v) is 2.02. The van der Waals surface area contributed by atoms with E-state index in [-0.39, 0.29) is 12.5 Å². The van der Waals surface area contributed by atoms with Crippen LogP contribution in [0, 0.1) is 0 Å². The molecule has 17 heavy (non-hydrogen) atoms. The Bertz CT molecular complexity index is 366. The summed E-state index contributed by atoms with van der Waals surface area (Å²) >= 11 is 0. The Morgan fingerprint density at radius 3 is 2.76 bits per heavy atom. The normalized spacial score (nSPS) is 12.9. The molecule has 0 bridgehead atoms. The van der Waals surface area contributed by atoms with Gasteiger partial charge in [0.1, 0.15) is 11.9 Å². The van der Waals surface area contributed by atoms with Crippen LogP contribution in [0.25, 0.3) is 0 Å². The van der Waals surface area contributed by atoms with E-state index in [1.165, 1.54) is 0 Å². The number of amides is 1. The Morgan fingerprint density at radius 2 is 2.29 bits per heavy atom. The van der Waals surface area contributed by atoms with Crippen molar-refractivity contribution in [3.05, 3.63) is 24.0 Å². The molecule has 5 heteroatoms. The van der Waals surface area contributed by atoms with Gasteiger partial charge in [0.2, 0.25) is 0 Å². The summed E-state index contributed by atoms with van der Waals surface area (Å²) in [6.45, 7) is 5.36. The molecule has 0 saturated heterocycles. The molecule has 1 atom stereocenters. The molecule has 1 rings (SSSR count). The molecular formula is C12H18N2O3. The summed E-state index contributed by atoms with van der Waals surface area (Å²) in [5.74, 6) is 0. The van der Waals surface area contributed by atoms with Crippen LogP contribution in [0.2, 0.25) is 0 Å². The molecule has 1 aromatic heterocycles. The van der Waals surface area contributed by atoms with E-state index < -0.39 is 11.7 Å². The maximum atomic E-state index is 11.6. The molecule has 0 aliphatic rings. The van der Waals surface area contributed by atoms with Gasteiger partial charge in [0.25, 0.3) is 0 Å². The first-order valence-electron chi connectivity index (χ1n) is 5.49. The molecule has 0 saturated carbocycles. The van der Waals surface area contributed by atoms with Crippen LogP contribution in [0.1, 0.15) is 38.9 Å². The lowest BCUT2D eigenvalue weighted by atomic mass is 10.1. The van der Waals surface area contributed by atoms with Crippen molar-refractivity contribution in [2.75, 3.05) is 0 Å². The van der Waals surface area contributed by atoms with Gasteiger partial charge in [-0.1, -0.05) is 0 Å². The Balaban J connectivity index is 2.62. The second-order valence-electron chi connectivity index (χ2n) is 4.73. The Hall–Kier alpha value is -1.78. The van der Waals surface area contributed by atoms with E-state index in [0.717, 1.165) is 12.0 Å². The van der Waals surface area contributed by atoms with Gasteiger partial charge in [0.05, 0.1) is 6.04 Å². The summed E-state index contributed by atoms with van der Waals surface area (Å²) in [6.07, 6.45) is 2.19. The maximum absolute atomic E-state index is 11.6. The van der Waals surface area contributed by atoms with Gasteiger partial charge in [-0.05, 0) is 32.9 Å². The van der Waals surface area contributed by atoms with Crippen LogP contribution in [0.4, 0.5) is 4.79 Å². The molecule has 2 N–H and O–H groups in total. The third-order valence-electron chi connectivity index (χ3n) is 2.02. The van der Waals surface area contributed by atoms with E-state index in [0.29, 0.717) is 0 Å². The largest absolute Gasteiger partial charge is 0.444 e. The first-order chi connectivity index (χ1) is 7.92. The average molecular weight is 238 g/mol. The summed E-state index contributed by atoms with van der Waals surface area (Å²) < 4.78 is 5.13. The fraction of sp³-hybridized carbons (Fsp3) is 0.500. The van der Waals surface area contributed by atoms with E-state index in [9.17, 15) is 9.59 Å². The molecule has 0 radical (unpaired) electrons. The zero-order chi connectivity index (χ0) is 12.9. The number of H-pyrrole nitrogens is 1. The van der Waals surface area contributed by atoms with Gasteiger partial charge < -0.3 is 19.8 Å². The highest BCUT2D eigenvalue weighted by Crippen LogP contribution is 2.15. The topological polar surface area (TPSA) is 71.2 Å². The van der Waals surface area contributed by atoms with Gasteiger partial charge in [-0.25, -0.2) is 4.79 Å². The Kier molecular flexibility index (Phi) is 4.31. The van der Waals surface area contributed by atoms with E-state index in [4.69, 9.17) is 4.74 Å². The van der Waals surface area contributed by atoms with Crippen molar-refractivity contribution in [2.45, 2.75) is 38.8 Å². The van der Waals surface area contributed by atoms with E-state index in [1.807, 2.05) is 12.1 Å². The van der Waals surface area contributed by atoms with Gasteiger partial charge in [-0.2, -0.15) is 0 Å². The number of aromatic nitrogens is 1. The second kappa shape index (κ2) is 5.52. The van der Waals surface area contributed by atoms with Crippen LogP contribution in [-0.2, 0) is 9.53 Å². The van der Waals surface area contributed by atoms with E-state index in [2.05, 4.69) is 10.3 Å². The molecule has 0 aliphatic carbocycles. The molecule has 94 valence electrons. The number of hydrogen-bond acceptors (Lipinski definition) is 3. The number of aromatic amines is 1. The van der Waals surface area contributed by atoms with Gasteiger partial charge >= 0.3 is 6.09 Å². The van der Waals surface area contributed by atoms with Crippen molar-refractivity contribution < 1.29 is 14.3 Å². The predicted molar refractivity (Wildman–Crippen MR) is 63.6 cm³/mol. The van der Waals surface area contributed by atoms with Crippen LogP contribution in [0.5, 0.6) is 0 Å². The van der Waals surface area contributed by atoms with Crippen molar-refractivity contribution in [2.24, 2.45) is 0 Å². The fourth-order valence-electron chi connectivity index (χ4n) is 1.37. The molecule has 0 spiro atoms. The third kappa shape index (κ3) is 4.72. The number of ether oxygens (including phenoxy) is 1. The smallest absolute Gasteiger partial charge is 0.408 e. The van der Waals surface area contributed by atoms with Crippen molar-refractivity contribution in [1.29, 1.82) is 0 Å². The van der Waals surface area contributed by atoms with Crippen molar-refractivity contribution in [3.63, 3.8) is 0 Å². The predicted octanol–water partition coefficient (Wildman–Crippen LogP) is 2.17. The number of carbonyl (C=O) groups is 2. The SMILES string of the molecule is CC(C)(C)OC(=O)N[C@@H](CC=O)c1ccc[nH]1. The number of carbonyl (C=O) groups excluding carboxylic acids is 2. The lowest BCUT2D eigenvalue weighted by molar-refractivity contribution is -0.108. The number of aldehydes is 1. The summed E-state index contributed by atoms with van der Waals surface area (Å²) in [5, 5.41) is 2.65. The molecule has 1 heterocycles. The van der Waals surface area contributed by atoms with Crippen LogP contribution < -0.4 is 5.32 Å². The highest BCUT2D eigenvalue weighted by molar-refractivity contribution is 5.69. The highest BCUT2D eigenvalue weighted by atomic mass is 16.6. The van der Waals surface area contributed by atoms with Gasteiger partial charge in [0, 0.05) is 18.3 Å². The van der Waals surface area contributed by atoms with Crippen molar-refractivity contribution in [1.82, 2.24) is 10.3 Å². The molecule has 0 aliphatic heterocycles. The van der Waals surface area contributed by atoms with Crippen LogP contribution in [-0.4, -0.2) is 23.0 Å². The first-order valence-corrected chi connectivity index (χ1v) is 5.49. The van der Waals surface area contributed by atoms with Crippen LogP contribution in [0.3, 0.4) is 0 Å². The Morgan fingerprint density at radius 1 is 1.59 bits per heavy atom. The number of nitrogens with one attached hydrogen (secondary N) is 2. The molecular weight excluding hydrogens is 220 g/mol. The average Bonchev–Trinajstić information content (AvgIpc) is 2.66. The molecule has 1 amide bonds. The monoisotopic (exact) mass is 238 g/mol. The summed E-state index contributed by atoms with van der Waals surface area (Å²) in [7, 11) is 0. The maximum Gasteiger partial charge on any atom is 0.408 e. The highest BCUT2D eigenvalue weighted by Gasteiger charge is 2.20. The quantitative estimate of drug-likeness (QED) is 0.790. The standard InChI is InChI=1S/C12H18N2O3/c1-12(2,3)17-11(16)14-10(6-8-15)9-5-4-7-13-9/h4-5,7-8,10,13H,6H2,1-3H3,(H,14,16)/t10-/m0/s1. The van der Waals surface area contributed by atoms with Crippen LogP contribution in [0.15, 0.2) is 18.3 Å². The fourth-order valence-corrected chi connectivity index (χ4v) is 1.37. The number of alkyl carbamates (subject to hydrolysis) is 1. The summed E-state index contributed by atoms with van der Waals surface area (Å²) in [6, 6.07) is 3.24.